The van der Waals surface area contributed by atoms with Crippen LogP contribution in [0, 0.1) is 5.92 Å². The summed E-state index contributed by atoms with van der Waals surface area (Å²) in [7, 11) is -1.88. The van der Waals surface area contributed by atoms with Gasteiger partial charge in [0.05, 0.1) is 12.7 Å². The lowest BCUT2D eigenvalue weighted by Gasteiger charge is -2.44. The third kappa shape index (κ3) is 5.76. The number of piperidine rings is 1. The van der Waals surface area contributed by atoms with E-state index in [4.69, 9.17) is 9.16 Å². The fraction of sp³-hybridized carbons (Fsp3) is 0.941. The Bertz CT molecular complexity index is 412. The zero-order valence-electron chi connectivity index (χ0n) is 16.1. The van der Waals surface area contributed by atoms with Gasteiger partial charge in [-0.3, -0.25) is 0 Å². The van der Waals surface area contributed by atoms with Gasteiger partial charge in [0.15, 0.2) is 8.32 Å². The summed E-state index contributed by atoms with van der Waals surface area (Å²) < 4.78 is 11.9. The first-order chi connectivity index (χ1) is 10.3. The number of hydrogen-bond donors (Lipinski definition) is 1. The Balaban J connectivity index is 2.71. The van der Waals surface area contributed by atoms with Gasteiger partial charge in [0.25, 0.3) is 0 Å². The summed E-state index contributed by atoms with van der Waals surface area (Å²) in [5.41, 5.74) is -0.500. The van der Waals surface area contributed by atoms with Gasteiger partial charge in [0.2, 0.25) is 0 Å². The summed E-state index contributed by atoms with van der Waals surface area (Å²) in [5.74, 6) is -0.0506. The van der Waals surface area contributed by atoms with Crippen LogP contribution in [0.15, 0.2) is 0 Å². The maximum atomic E-state index is 12.2. The van der Waals surface area contributed by atoms with Crippen LogP contribution in [-0.2, 0) is 9.16 Å². The molecule has 1 aliphatic heterocycles. The van der Waals surface area contributed by atoms with Gasteiger partial charge in [-0.2, -0.15) is 0 Å². The average Bonchev–Trinajstić information content (AvgIpc) is 2.35. The number of aliphatic hydroxyl groups is 1. The van der Waals surface area contributed by atoms with Crippen LogP contribution < -0.4 is 0 Å². The molecule has 1 aliphatic rings. The normalized spacial score (nSPS) is 23.8. The van der Waals surface area contributed by atoms with Crippen molar-refractivity contribution in [2.75, 3.05) is 19.7 Å². The van der Waals surface area contributed by atoms with Gasteiger partial charge in [-0.1, -0.05) is 20.8 Å². The fourth-order valence-electron chi connectivity index (χ4n) is 2.39. The Morgan fingerprint density at radius 3 is 2.22 bits per heavy atom. The molecule has 0 aromatic carbocycles. The molecule has 0 aromatic rings. The van der Waals surface area contributed by atoms with E-state index in [2.05, 4.69) is 33.9 Å². The van der Waals surface area contributed by atoms with Gasteiger partial charge in [-0.05, 0) is 45.3 Å². The van der Waals surface area contributed by atoms with Crippen LogP contribution >= 0.6 is 0 Å². The van der Waals surface area contributed by atoms with Gasteiger partial charge in [0.1, 0.15) is 5.60 Å². The summed E-state index contributed by atoms with van der Waals surface area (Å²) >= 11 is 0. The molecule has 6 heteroatoms. The molecular formula is C17H35NO4Si. The molecule has 1 saturated heterocycles. The standard InChI is InChI=1S/C17H35NO4Si/c1-16(2,3)21-15(20)18-10-9-14(13(11-18)12-19)22-23(7,8)17(4,5)6/h13-14,19H,9-12H2,1-8H3/t13?,14-/m0/s1. The molecule has 0 saturated carbocycles. The maximum absolute atomic E-state index is 12.2. The van der Waals surface area contributed by atoms with Gasteiger partial charge >= 0.3 is 6.09 Å². The molecule has 23 heavy (non-hydrogen) atoms. The smallest absolute Gasteiger partial charge is 0.410 e. The quantitative estimate of drug-likeness (QED) is 0.794. The molecule has 0 radical (unpaired) electrons. The van der Waals surface area contributed by atoms with Crippen LogP contribution in [0.5, 0.6) is 0 Å². The molecule has 1 rings (SSSR count). The van der Waals surface area contributed by atoms with E-state index in [9.17, 15) is 9.90 Å². The highest BCUT2D eigenvalue weighted by Gasteiger charge is 2.42. The molecular weight excluding hydrogens is 310 g/mol. The summed E-state index contributed by atoms with van der Waals surface area (Å²) in [5, 5.41) is 9.88. The van der Waals surface area contributed by atoms with Crippen LogP contribution in [0.25, 0.3) is 0 Å². The van der Waals surface area contributed by atoms with Crippen molar-refractivity contribution < 1.29 is 19.1 Å². The topological polar surface area (TPSA) is 59.0 Å². The van der Waals surface area contributed by atoms with Crippen molar-refractivity contribution >= 4 is 14.4 Å². The van der Waals surface area contributed by atoms with Crippen molar-refractivity contribution in [2.45, 2.75) is 77.8 Å². The minimum Gasteiger partial charge on any atom is -0.444 e. The summed E-state index contributed by atoms with van der Waals surface area (Å²) in [6.07, 6.45) is 0.457. The lowest BCUT2D eigenvalue weighted by atomic mass is 9.96. The van der Waals surface area contributed by atoms with Crippen LogP contribution in [-0.4, -0.2) is 55.8 Å². The minimum atomic E-state index is -1.88. The van der Waals surface area contributed by atoms with E-state index in [1.165, 1.54) is 0 Å². The summed E-state index contributed by atoms with van der Waals surface area (Å²) in [4.78, 5) is 13.9. The third-order valence-corrected chi connectivity index (χ3v) is 9.31. The van der Waals surface area contributed by atoms with E-state index in [1.807, 2.05) is 20.8 Å². The Hall–Kier alpha value is -0.593. The van der Waals surface area contributed by atoms with E-state index in [1.54, 1.807) is 4.90 Å². The van der Waals surface area contributed by atoms with Crippen molar-refractivity contribution in [3.63, 3.8) is 0 Å². The molecule has 5 nitrogen and oxygen atoms in total. The zero-order chi connectivity index (χ0) is 18.1. The van der Waals surface area contributed by atoms with Crippen LogP contribution in [0.1, 0.15) is 48.0 Å². The fourth-order valence-corrected chi connectivity index (χ4v) is 3.81. The number of amides is 1. The predicted octanol–water partition coefficient (Wildman–Crippen LogP) is 3.63. The van der Waals surface area contributed by atoms with Gasteiger partial charge in [-0.15, -0.1) is 0 Å². The van der Waals surface area contributed by atoms with Crippen LogP contribution in [0.2, 0.25) is 18.1 Å². The van der Waals surface area contributed by atoms with E-state index in [0.717, 1.165) is 6.42 Å². The van der Waals surface area contributed by atoms with Crippen LogP contribution in [0.4, 0.5) is 4.79 Å². The molecule has 1 unspecified atom stereocenters. The number of aliphatic hydroxyl groups excluding tert-OH is 1. The number of ether oxygens (including phenoxy) is 1. The van der Waals surface area contributed by atoms with E-state index >= 15 is 0 Å². The molecule has 1 heterocycles. The molecule has 1 N–H and O–H groups in total. The first-order valence-corrected chi connectivity index (χ1v) is 11.4. The monoisotopic (exact) mass is 345 g/mol. The number of likely N-dealkylation sites (tertiary alicyclic amines) is 1. The molecule has 0 spiro atoms. The van der Waals surface area contributed by atoms with Crippen molar-refractivity contribution in [3.05, 3.63) is 0 Å². The lowest BCUT2D eigenvalue weighted by Crippen LogP contribution is -2.53. The second-order valence-corrected chi connectivity index (χ2v) is 13.8. The molecule has 2 atom stereocenters. The summed E-state index contributed by atoms with van der Waals surface area (Å²) in [6, 6.07) is 0. The number of hydrogen-bond acceptors (Lipinski definition) is 4. The number of nitrogens with zero attached hydrogens (tertiary/aromatic N) is 1. The SMILES string of the molecule is CC(C)(C)OC(=O)N1CC[C@H](O[Si](C)(C)C(C)(C)C)C(CO)C1. The van der Waals surface area contributed by atoms with E-state index < -0.39 is 13.9 Å². The number of carbonyl (C=O) groups excluding carboxylic acids is 1. The minimum absolute atomic E-state index is 0.0135. The third-order valence-electron chi connectivity index (χ3n) is 4.80. The van der Waals surface area contributed by atoms with E-state index in [-0.39, 0.29) is 29.8 Å². The highest BCUT2D eigenvalue weighted by Crippen LogP contribution is 2.39. The number of carbonyl (C=O) groups is 1. The molecule has 0 aromatic heterocycles. The Morgan fingerprint density at radius 2 is 1.78 bits per heavy atom. The average molecular weight is 346 g/mol. The van der Waals surface area contributed by atoms with Gasteiger partial charge < -0.3 is 19.2 Å². The second kappa shape index (κ2) is 7.11. The maximum Gasteiger partial charge on any atom is 0.410 e. The first-order valence-electron chi connectivity index (χ1n) is 8.53. The van der Waals surface area contributed by atoms with Gasteiger partial charge in [0, 0.05) is 19.0 Å². The van der Waals surface area contributed by atoms with Crippen molar-refractivity contribution in [1.29, 1.82) is 0 Å². The van der Waals surface area contributed by atoms with Crippen molar-refractivity contribution in [2.24, 2.45) is 5.92 Å². The van der Waals surface area contributed by atoms with Crippen LogP contribution in [0.3, 0.4) is 0 Å². The second-order valence-electron chi connectivity index (χ2n) is 9.07. The highest BCUT2D eigenvalue weighted by atomic mass is 28.4. The Labute approximate surface area is 142 Å². The highest BCUT2D eigenvalue weighted by molar-refractivity contribution is 6.74. The molecule has 0 bridgehead atoms. The largest absolute Gasteiger partial charge is 0.444 e. The Kier molecular flexibility index (Phi) is 6.32. The number of rotatable bonds is 3. The van der Waals surface area contributed by atoms with Crippen molar-refractivity contribution in [1.82, 2.24) is 4.90 Å². The molecule has 1 fully saturated rings. The molecule has 136 valence electrons. The lowest BCUT2D eigenvalue weighted by molar-refractivity contribution is -0.0164. The van der Waals surface area contributed by atoms with E-state index in [0.29, 0.717) is 13.1 Å². The molecule has 1 amide bonds. The first kappa shape index (κ1) is 20.5. The molecule has 0 aliphatic carbocycles. The zero-order valence-corrected chi connectivity index (χ0v) is 17.1. The van der Waals surface area contributed by atoms with Gasteiger partial charge in [-0.25, -0.2) is 4.79 Å². The Morgan fingerprint density at radius 1 is 1.22 bits per heavy atom. The van der Waals surface area contributed by atoms with Crippen molar-refractivity contribution in [3.8, 4) is 0 Å². The summed E-state index contributed by atoms with van der Waals surface area (Å²) in [6.45, 7) is 17.8. The predicted molar refractivity (Wildman–Crippen MR) is 95.1 cm³/mol.